The Kier molecular flexibility index (Phi) is 10.4. The third-order valence-corrected chi connectivity index (χ3v) is 8.99. The molecule has 0 aliphatic heterocycles. The molecule has 4 aromatic carbocycles. The van der Waals surface area contributed by atoms with E-state index in [0.29, 0.717) is 22.4 Å². The molecule has 242 valence electrons. The number of rotatable bonds is 13. The zero-order valence-corrected chi connectivity index (χ0v) is 26.5. The number of halogens is 2. The molecule has 0 atom stereocenters. The van der Waals surface area contributed by atoms with Crippen LogP contribution in [0.3, 0.4) is 0 Å². The number of nitrogens with zero attached hydrogens (tertiary/aromatic N) is 2. The van der Waals surface area contributed by atoms with Gasteiger partial charge in [-0.05, 0) is 46.6 Å². The lowest BCUT2D eigenvalue weighted by molar-refractivity contribution is -0.174. The van der Waals surface area contributed by atoms with Crippen LogP contribution in [0.4, 0.5) is 8.78 Å². The van der Waals surface area contributed by atoms with Gasteiger partial charge in [-0.15, -0.1) is 5.10 Å². The van der Waals surface area contributed by atoms with Crippen LogP contribution in [0.5, 0.6) is 0 Å². The molecule has 2 N–H and O–H groups in total. The minimum Gasteiger partial charge on any atom is -0.460 e. The second-order valence-electron chi connectivity index (χ2n) is 10.8. The molecule has 0 aliphatic carbocycles. The van der Waals surface area contributed by atoms with E-state index in [1.807, 2.05) is 12.1 Å². The van der Waals surface area contributed by atoms with E-state index in [1.54, 1.807) is 78.2 Å². The number of hydrogen-bond acceptors (Lipinski definition) is 8. The van der Waals surface area contributed by atoms with Crippen molar-refractivity contribution in [3.05, 3.63) is 142 Å². The van der Waals surface area contributed by atoms with Crippen molar-refractivity contribution in [3.63, 3.8) is 0 Å². The Labute approximate surface area is 273 Å². The molecule has 0 spiro atoms. The van der Waals surface area contributed by atoms with Crippen LogP contribution in [0.25, 0.3) is 11.3 Å². The van der Waals surface area contributed by atoms with Crippen molar-refractivity contribution in [2.75, 3.05) is 0 Å². The summed E-state index contributed by atoms with van der Waals surface area (Å²) in [6, 6.07) is 28.9. The fourth-order valence-corrected chi connectivity index (χ4v) is 5.88. The first kappa shape index (κ1) is 33.7. The Hall–Kier alpha value is -4.61. The number of esters is 2. The average Bonchev–Trinajstić information content (AvgIpc) is 3.62. The van der Waals surface area contributed by atoms with Crippen molar-refractivity contribution < 1.29 is 42.2 Å². The first-order chi connectivity index (χ1) is 22.5. The SMILES string of the molecule is O=C(OCc1ccccc1)C(Cc1ccc(-c2csnn2)cc1)(Cc1ccc(C(F)(F)P(=O)(O)O)cc1)C(=O)OCc1ccccc1. The van der Waals surface area contributed by atoms with Crippen molar-refractivity contribution in [1.29, 1.82) is 0 Å². The van der Waals surface area contributed by atoms with E-state index in [9.17, 15) is 32.7 Å². The average molecular weight is 679 g/mol. The molecule has 0 saturated heterocycles. The molecule has 1 aromatic heterocycles. The maximum absolute atomic E-state index is 14.4. The molecule has 5 aromatic rings. The molecule has 5 rings (SSSR count). The van der Waals surface area contributed by atoms with E-state index < -0.39 is 36.2 Å². The molecule has 13 heteroatoms. The smallest absolute Gasteiger partial charge is 0.399 e. The maximum atomic E-state index is 14.4. The zero-order valence-electron chi connectivity index (χ0n) is 24.7. The van der Waals surface area contributed by atoms with Crippen LogP contribution in [-0.4, -0.2) is 31.3 Å². The second kappa shape index (κ2) is 14.4. The normalized spacial score (nSPS) is 12.0. The Balaban J connectivity index is 1.53. The number of ether oxygens (including phenoxy) is 2. The molecular formula is C34H29F2N2O7PS. The standard InChI is InChI=1S/C34H29F2N2O7PS/c35-34(36,46(41,42)43)29-17-13-25(14-18-29)20-33(31(39)44-21-26-7-3-1-4-8-26,32(40)45-22-27-9-5-2-6-10-27)19-24-11-15-28(16-12-24)30-23-47-38-37-30/h1-18,23H,19-22H2,(H2,41,42,43). The Morgan fingerprint density at radius 2 is 1.17 bits per heavy atom. The number of hydrogen-bond donors (Lipinski definition) is 2. The summed E-state index contributed by atoms with van der Waals surface area (Å²) >= 11 is 1.19. The topological polar surface area (TPSA) is 136 Å². The van der Waals surface area contributed by atoms with Gasteiger partial charge in [0.1, 0.15) is 18.9 Å². The quantitative estimate of drug-likeness (QED) is 0.0793. The first-order valence-corrected chi connectivity index (χ1v) is 16.7. The Morgan fingerprint density at radius 1 is 0.702 bits per heavy atom. The Bertz CT molecular complexity index is 1780. The van der Waals surface area contributed by atoms with Crippen molar-refractivity contribution >= 4 is 31.1 Å². The molecule has 0 aliphatic rings. The molecule has 9 nitrogen and oxygen atoms in total. The second-order valence-corrected chi connectivity index (χ2v) is 13.1. The van der Waals surface area contributed by atoms with Crippen LogP contribution in [0.2, 0.25) is 0 Å². The molecule has 0 saturated carbocycles. The minimum absolute atomic E-state index is 0.142. The maximum Gasteiger partial charge on any atom is 0.399 e. The summed E-state index contributed by atoms with van der Waals surface area (Å²) in [4.78, 5) is 46.7. The van der Waals surface area contributed by atoms with Crippen LogP contribution in [0, 0.1) is 5.41 Å². The minimum atomic E-state index is -5.81. The van der Waals surface area contributed by atoms with Crippen LogP contribution in [0.1, 0.15) is 27.8 Å². The number of alkyl halides is 2. The summed E-state index contributed by atoms with van der Waals surface area (Å²) in [7, 11) is -5.81. The lowest BCUT2D eigenvalue weighted by Crippen LogP contribution is -2.45. The predicted molar refractivity (Wildman–Crippen MR) is 170 cm³/mol. The van der Waals surface area contributed by atoms with Gasteiger partial charge in [0, 0.05) is 16.5 Å². The van der Waals surface area contributed by atoms with Gasteiger partial charge in [-0.3, -0.25) is 14.2 Å². The highest BCUT2D eigenvalue weighted by Gasteiger charge is 2.51. The van der Waals surface area contributed by atoms with Gasteiger partial charge in [0.15, 0.2) is 5.41 Å². The summed E-state index contributed by atoms with van der Waals surface area (Å²) in [6.45, 7) is -0.285. The van der Waals surface area contributed by atoms with Crippen LogP contribution in [0.15, 0.2) is 115 Å². The third-order valence-electron chi connectivity index (χ3n) is 7.50. The highest BCUT2D eigenvalue weighted by molar-refractivity contribution is 7.52. The lowest BCUT2D eigenvalue weighted by atomic mass is 9.76. The van der Waals surface area contributed by atoms with Gasteiger partial charge in [-0.2, -0.15) is 8.78 Å². The lowest BCUT2D eigenvalue weighted by Gasteiger charge is -2.30. The third kappa shape index (κ3) is 8.04. The number of benzene rings is 4. The van der Waals surface area contributed by atoms with Crippen molar-refractivity contribution in [2.24, 2.45) is 5.41 Å². The molecule has 1 heterocycles. The van der Waals surface area contributed by atoms with E-state index >= 15 is 0 Å². The summed E-state index contributed by atoms with van der Waals surface area (Å²) in [5.74, 6) is -1.78. The van der Waals surface area contributed by atoms with Gasteiger partial charge in [0.2, 0.25) is 0 Å². The molecule has 0 fully saturated rings. The van der Waals surface area contributed by atoms with Gasteiger partial charge >= 0.3 is 25.2 Å². The monoisotopic (exact) mass is 678 g/mol. The van der Waals surface area contributed by atoms with Crippen molar-refractivity contribution in [1.82, 2.24) is 9.59 Å². The van der Waals surface area contributed by atoms with E-state index in [0.717, 1.165) is 17.7 Å². The van der Waals surface area contributed by atoms with E-state index in [-0.39, 0.29) is 31.6 Å². The van der Waals surface area contributed by atoms with Gasteiger partial charge in [0.05, 0.1) is 0 Å². The van der Waals surface area contributed by atoms with Gasteiger partial charge in [-0.25, -0.2) is 0 Å². The summed E-state index contributed by atoms with van der Waals surface area (Å²) in [5.41, 5.74) is -3.71. The Morgan fingerprint density at radius 3 is 1.60 bits per heavy atom. The summed E-state index contributed by atoms with van der Waals surface area (Å²) in [6.07, 6.45) is -0.502. The molecule has 0 bridgehead atoms. The fourth-order valence-electron chi connectivity index (χ4n) is 4.93. The number of carbonyl (C=O) groups is 2. The van der Waals surface area contributed by atoms with E-state index in [4.69, 9.17) is 9.47 Å². The summed E-state index contributed by atoms with van der Waals surface area (Å²) < 4.78 is 55.6. The summed E-state index contributed by atoms with van der Waals surface area (Å²) in [5, 5.41) is 5.85. The fraction of sp³-hybridized carbons (Fsp3) is 0.176. The molecular weight excluding hydrogens is 649 g/mol. The number of carbonyl (C=O) groups excluding carboxylic acids is 2. The predicted octanol–water partition coefficient (Wildman–Crippen LogP) is 6.69. The van der Waals surface area contributed by atoms with Gasteiger partial charge < -0.3 is 19.3 Å². The van der Waals surface area contributed by atoms with Crippen molar-refractivity contribution in [2.45, 2.75) is 31.7 Å². The van der Waals surface area contributed by atoms with Crippen LogP contribution < -0.4 is 0 Å². The molecule has 0 radical (unpaired) electrons. The zero-order chi connectivity index (χ0) is 33.5. The van der Waals surface area contributed by atoms with E-state index in [1.165, 1.54) is 23.7 Å². The van der Waals surface area contributed by atoms with E-state index in [2.05, 4.69) is 9.59 Å². The van der Waals surface area contributed by atoms with Gasteiger partial charge in [-0.1, -0.05) is 114 Å². The molecule has 0 amide bonds. The molecule has 47 heavy (non-hydrogen) atoms. The highest BCUT2D eigenvalue weighted by Crippen LogP contribution is 2.59. The van der Waals surface area contributed by atoms with Gasteiger partial charge in [0.25, 0.3) is 0 Å². The van der Waals surface area contributed by atoms with Crippen LogP contribution in [-0.2, 0) is 55.3 Å². The highest BCUT2D eigenvalue weighted by atomic mass is 32.1. The van der Waals surface area contributed by atoms with Crippen molar-refractivity contribution in [3.8, 4) is 11.3 Å². The van der Waals surface area contributed by atoms with Crippen LogP contribution >= 0.6 is 19.1 Å². The largest absolute Gasteiger partial charge is 0.460 e. The number of aromatic nitrogens is 2. The first-order valence-electron chi connectivity index (χ1n) is 14.3. The molecule has 0 unspecified atom stereocenters.